The molecule has 10 nitrogen and oxygen atoms in total. The van der Waals surface area contributed by atoms with E-state index < -0.39 is 64.7 Å². The standard InChI is InChI=1S/C32H39N3O7/c1-31(2,3)17-8-6-14(7-9-17)18-11-16(13-33)25(36)22-19(18)10-15-12-20-24(35(4)5)27(38)23(30(34)41)29(40)32(20,42)28(39)21(15)26(22)37/h6-9,11,15,20-21,23-24,27,36,38,42H,10,12-13,33H2,1-5H3,(H2,34,41)/t15-,20-,21?,23?,24-,27?,32-/m1/s1. The second-order valence-electron chi connectivity index (χ2n) is 13.3. The van der Waals surface area contributed by atoms with Gasteiger partial charge in [-0.2, -0.15) is 0 Å². The molecule has 7 atom stereocenters. The second kappa shape index (κ2) is 10.1. The van der Waals surface area contributed by atoms with Gasteiger partial charge in [0, 0.05) is 24.1 Å². The van der Waals surface area contributed by atoms with E-state index in [0.717, 1.165) is 11.1 Å². The minimum atomic E-state index is -2.70. The molecule has 1 amide bonds. The van der Waals surface area contributed by atoms with Crippen LogP contribution in [0.5, 0.6) is 5.75 Å². The Kier molecular flexibility index (Phi) is 7.21. The SMILES string of the molecule is CN(C)[C@H]1C(O)C(C(N)=O)C(=O)[C@]2(O)C(=O)C3C(=O)c4c(O)c(CN)cc(-c5ccc(C(C)(C)C)cc5)c4C[C@@H]3C[C@H]12. The molecule has 42 heavy (non-hydrogen) atoms. The summed E-state index contributed by atoms with van der Waals surface area (Å²) in [6.45, 7) is 6.26. The molecule has 0 saturated heterocycles. The van der Waals surface area contributed by atoms with Crippen LogP contribution in [0.1, 0.15) is 54.2 Å². The van der Waals surface area contributed by atoms with Crippen LogP contribution < -0.4 is 11.5 Å². The zero-order chi connectivity index (χ0) is 31.0. The maximum Gasteiger partial charge on any atom is 0.230 e. The molecule has 5 rings (SSSR count). The summed E-state index contributed by atoms with van der Waals surface area (Å²) in [6, 6.07) is 8.75. The fraction of sp³-hybridized carbons (Fsp3) is 0.500. The highest BCUT2D eigenvalue weighted by molar-refractivity contribution is 6.25. The first-order valence-corrected chi connectivity index (χ1v) is 14.2. The van der Waals surface area contributed by atoms with Gasteiger partial charge in [-0.05, 0) is 66.6 Å². The number of amides is 1. The molecule has 0 radical (unpaired) electrons. The van der Waals surface area contributed by atoms with Crippen molar-refractivity contribution in [2.75, 3.05) is 14.1 Å². The highest BCUT2D eigenvalue weighted by Crippen LogP contribution is 2.53. The van der Waals surface area contributed by atoms with Crippen LogP contribution in [0, 0.1) is 23.7 Å². The molecule has 0 aromatic heterocycles. The van der Waals surface area contributed by atoms with E-state index in [0.29, 0.717) is 16.7 Å². The minimum absolute atomic E-state index is 0.0385. The lowest BCUT2D eigenvalue weighted by atomic mass is 9.52. The van der Waals surface area contributed by atoms with Crippen molar-refractivity contribution in [3.05, 3.63) is 52.6 Å². The van der Waals surface area contributed by atoms with Crippen molar-refractivity contribution < 1.29 is 34.5 Å². The van der Waals surface area contributed by atoms with E-state index in [1.54, 1.807) is 25.1 Å². The number of carbonyl (C=O) groups excluding carboxylic acids is 4. The van der Waals surface area contributed by atoms with E-state index in [9.17, 15) is 34.5 Å². The van der Waals surface area contributed by atoms with Crippen LogP contribution in [0.4, 0.5) is 0 Å². The van der Waals surface area contributed by atoms with Crippen LogP contribution in [0.3, 0.4) is 0 Å². The van der Waals surface area contributed by atoms with Gasteiger partial charge in [-0.3, -0.25) is 19.2 Å². The number of likely N-dealkylation sites (N-methyl/N-ethyl adjacent to an activating group) is 1. The van der Waals surface area contributed by atoms with Gasteiger partial charge < -0.3 is 31.7 Å². The molecule has 3 aliphatic rings. The van der Waals surface area contributed by atoms with E-state index in [4.69, 9.17) is 11.5 Å². The molecule has 2 aromatic carbocycles. The number of benzene rings is 2. The number of carbonyl (C=O) groups is 4. The van der Waals surface area contributed by atoms with Crippen molar-refractivity contribution in [3.63, 3.8) is 0 Å². The Morgan fingerprint density at radius 1 is 1.10 bits per heavy atom. The summed E-state index contributed by atoms with van der Waals surface area (Å²) in [6.07, 6.45) is -1.28. The predicted molar refractivity (Wildman–Crippen MR) is 154 cm³/mol. The number of phenols is 1. The van der Waals surface area contributed by atoms with Crippen molar-refractivity contribution in [3.8, 4) is 16.9 Å². The van der Waals surface area contributed by atoms with Crippen LogP contribution >= 0.6 is 0 Å². The third kappa shape index (κ3) is 4.23. The van der Waals surface area contributed by atoms with E-state index >= 15 is 0 Å². The molecule has 10 heteroatoms. The molecule has 3 aliphatic carbocycles. The monoisotopic (exact) mass is 577 g/mol. The van der Waals surface area contributed by atoms with Gasteiger partial charge in [0.05, 0.1) is 17.6 Å². The van der Waals surface area contributed by atoms with Gasteiger partial charge >= 0.3 is 0 Å². The van der Waals surface area contributed by atoms with Gasteiger partial charge in [0.15, 0.2) is 23.0 Å². The normalized spacial score (nSPS) is 31.0. The van der Waals surface area contributed by atoms with Crippen molar-refractivity contribution in [1.82, 2.24) is 4.90 Å². The number of primary amides is 1. The van der Waals surface area contributed by atoms with Crippen LogP contribution in [-0.4, -0.2) is 75.3 Å². The Morgan fingerprint density at radius 2 is 1.71 bits per heavy atom. The predicted octanol–water partition coefficient (Wildman–Crippen LogP) is 1.08. The van der Waals surface area contributed by atoms with Crippen molar-refractivity contribution >= 4 is 23.3 Å². The van der Waals surface area contributed by atoms with Crippen molar-refractivity contribution in [1.29, 1.82) is 0 Å². The third-order valence-electron chi connectivity index (χ3n) is 9.65. The first-order chi connectivity index (χ1) is 19.5. The van der Waals surface area contributed by atoms with Crippen LogP contribution in [0.2, 0.25) is 0 Å². The second-order valence-corrected chi connectivity index (χ2v) is 13.3. The largest absolute Gasteiger partial charge is 0.507 e. The lowest BCUT2D eigenvalue weighted by Gasteiger charge is -2.55. The van der Waals surface area contributed by atoms with Gasteiger partial charge in [-0.15, -0.1) is 0 Å². The number of hydrogen-bond acceptors (Lipinski definition) is 9. The number of hydrogen-bond donors (Lipinski definition) is 5. The smallest absolute Gasteiger partial charge is 0.230 e. The molecule has 224 valence electrons. The molecule has 0 bridgehead atoms. The minimum Gasteiger partial charge on any atom is -0.507 e. The Balaban J connectivity index is 1.67. The Morgan fingerprint density at radius 3 is 2.24 bits per heavy atom. The summed E-state index contributed by atoms with van der Waals surface area (Å²) in [5, 5.41) is 34.0. The summed E-state index contributed by atoms with van der Waals surface area (Å²) < 4.78 is 0. The fourth-order valence-corrected chi connectivity index (χ4v) is 7.51. The van der Waals surface area contributed by atoms with Crippen LogP contribution in [0.25, 0.3) is 11.1 Å². The lowest BCUT2D eigenvalue weighted by Crippen LogP contribution is -2.75. The maximum atomic E-state index is 14.1. The number of rotatable bonds is 4. The van der Waals surface area contributed by atoms with Gasteiger partial charge in [-0.1, -0.05) is 45.0 Å². The highest BCUT2D eigenvalue weighted by Gasteiger charge is 2.69. The van der Waals surface area contributed by atoms with Gasteiger partial charge in [0.1, 0.15) is 11.7 Å². The topological polar surface area (TPSA) is 184 Å². The molecule has 0 aliphatic heterocycles. The summed E-state index contributed by atoms with van der Waals surface area (Å²) >= 11 is 0. The molecular weight excluding hydrogens is 538 g/mol. The Hall–Kier alpha value is -3.44. The average Bonchev–Trinajstić information content (AvgIpc) is 2.90. The number of nitrogens with zero attached hydrogens (tertiary/aromatic N) is 1. The Bertz CT molecular complexity index is 1490. The summed E-state index contributed by atoms with van der Waals surface area (Å²) in [4.78, 5) is 55.5. The van der Waals surface area contributed by atoms with Gasteiger partial charge in [-0.25, -0.2) is 0 Å². The number of fused-ring (bicyclic) bond motifs is 3. The fourth-order valence-electron chi connectivity index (χ4n) is 7.51. The molecular formula is C32H39N3O7. The summed E-state index contributed by atoms with van der Waals surface area (Å²) in [5.41, 5.74) is 12.1. The zero-order valence-corrected chi connectivity index (χ0v) is 24.5. The molecule has 3 unspecified atom stereocenters. The number of ketones is 3. The van der Waals surface area contributed by atoms with E-state index in [-0.39, 0.29) is 36.1 Å². The number of phenolic OH excluding ortho intramolecular Hbond substituents is 1. The van der Waals surface area contributed by atoms with Gasteiger partial charge in [0.25, 0.3) is 0 Å². The number of Topliss-reactive ketones (excluding diaryl/α,β-unsaturated/α-hetero) is 3. The highest BCUT2D eigenvalue weighted by atomic mass is 16.3. The molecule has 2 saturated carbocycles. The van der Waals surface area contributed by atoms with E-state index in [1.807, 2.05) is 24.3 Å². The van der Waals surface area contributed by atoms with E-state index in [2.05, 4.69) is 20.8 Å². The number of aliphatic hydroxyl groups is 2. The summed E-state index contributed by atoms with van der Waals surface area (Å²) in [7, 11) is 3.23. The van der Waals surface area contributed by atoms with Crippen molar-refractivity contribution in [2.45, 2.75) is 63.3 Å². The van der Waals surface area contributed by atoms with E-state index in [1.165, 1.54) is 0 Å². The molecule has 7 N–H and O–H groups in total. The van der Waals surface area contributed by atoms with Crippen LogP contribution in [0.15, 0.2) is 30.3 Å². The van der Waals surface area contributed by atoms with Gasteiger partial charge in [0.2, 0.25) is 5.91 Å². The molecule has 2 fully saturated rings. The molecule has 0 heterocycles. The number of aromatic hydroxyl groups is 1. The zero-order valence-electron chi connectivity index (χ0n) is 24.5. The Labute approximate surface area is 244 Å². The number of nitrogens with two attached hydrogens (primary N) is 2. The first-order valence-electron chi connectivity index (χ1n) is 14.2. The first kappa shape index (κ1) is 30.0. The lowest BCUT2D eigenvalue weighted by molar-refractivity contribution is -0.190. The van der Waals surface area contributed by atoms with Crippen molar-refractivity contribution in [2.24, 2.45) is 35.1 Å². The average molecular weight is 578 g/mol. The molecule has 0 spiro atoms. The maximum absolute atomic E-state index is 14.1. The third-order valence-corrected chi connectivity index (χ3v) is 9.65. The quantitative estimate of drug-likeness (QED) is 0.332. The summed E-state index contributed by atoms with van der Waals surface area (Å²) in [5.74, 6) is -9.33. The number of aliphatic hydroxyl groups excluding tert-OH is 1. The van der Waals surface area contributed by atoms with Crippen LogP contribution in [-0.2, 0) is 32.8 Å². The molecule has 2 aromatic rings.